The molecule has 0 spiro atoms. The predicted octanol–water partition coefficient (Wildman–Crippen LogP) is 3.09. The van der Waals surface area contributed by atoms with Crippen LogP contribution in [0.4, 0.5) is 0 Å². The van der Waals surface area contributed by atoms with Gasteiger partial charge in [0.2, 0.25) is 0 Å². The summed E-state index contributed by atoms with van der Waals surface area (Å²) in [6, 6.07) is 6.82. The van der Waals surface area contributed by atoms with E-state index in [1.807, 2.05) is 6.92 Å². The molecule has 0 saturated heterocycles. The largest absolute Gasteiger partial charge is 0.276 e. The van der Waals surface area contributed by atoms with Gasteiger partial charge in [-0.1, -0.05) is 31.5 Å². The van der Waals surface area contributed by atoms with Gasteiger partial charge in [0, 0.05) is 11.1 Å². The molecule has 2 atom stereocenters. The van der Waals surface area contributed by atoms with E-state index < -0.39 is 10.0 Å². The summed E-state index contributed by atoms with van der Waals surface area (Å²) in [7, 11) is -3.57. The van der Waals surface area contributed by atoms with Crippen molar-refractivity contribution in [1.82, 2.24) is 4.83 Å². The minimum Gasteiger partial charge on any atom is -0.200 e. The second kappa shape index (κ2) is 4.83. The van der Waals surface area contributed by atoms with Gasteiger partial charge in [-0.15, -0.1) is 0 Å². The maximum Gasteiger partial charge on any atom is 0.276 e. The van der Waals surface area contributed by atoms with E-state index in [0.717, 1.165) is 24.1 Å². The number of sulfonamides is 1. The lowest BCUT2D eigenvalue weighted by Gasteiger charge is -2.31. The molecule has 2 fully saturated rings. The molecule has 0 radical (unpaired) electrons. The highest BCUT2D eigenvalue weighted by atomic mass is 32.2. The second-order valence-electron chi connectivity index (χ2n) is 6.83. The first-order valence-electron chi connectivity index (χ1n) is 7.47. The number of hydrogen-bond donors (Lipinski definition) is 1. The Morgan fingerprint density at radius 1 is 1.19 bits per heavy atom. The first-order chi connectivity index (χ1) is 9.80. The lowest BCUT2D eigenvalue weighted by Crippen LogP contribution is -2.33. The van der Waals surface area contributed by atoms with Gasteiger partial charge < -0.3 is 0 Å². The van der Waals surface area contributed by atoms with Crippen LogP contribution in [0.25, 0.3) is 0 Å². The molecule has 21 heavy (non-hydrogen) atoms. The molecule has 1 N–H and O–H groups in total. The van der Waals surface area contributed by atoms with Crippen molar-refractivity contribution in [3.8, 4) is 0 Å². The summed E-state index contributed by atoms with van der Waals surface area (Å²) in [5.74, 6) is 1.09. The average molecular weight is 306 g/mol. The van der Waals surface area contributed by atoms with Crippen LogP contribution in [0, 0.1) is 24.2 Å². The van der Waals surface area contributed by atoms with Crippen molar-refractivity contribution >= 4 is 15.7 Å². The minimum absolute atomic E-state index is 0.0126. The fourth-order valence-corrected chi connectivity index (χ4v) is 4.55. The fraction of sp³-hybridized carbons (Fsp3) is 0.562. The van der Waals surface area contributed by atoms with Crippen LogP contribution in [0.3, 0.4) is 0 Å². The Morgan fingerprint density at radius 3 is 2.43 bits per heavy atom. The number of hydrogen-bond acceptors (Lipinski definition) is 3. The maximum atomic E-state index is 12.3. The van der Waals surface area contributed by atoms with Gasteiger partial charge >= 0.3 is 0 Å². The molecular formula is C16H22N2O2S. The van der Waals surface area contributed by atoms with Crippen molar-refractivity contribution < 1.29 is 8.42 Å². The van der Waals surface area contributed by atoms with Gasteiger partial charge in [0.05, 0.1) is 4.90 Å². The summed E-state index contributed by atoms with van der Waals surface area (Å²) >= 11 is 0. The van der Waals surface area contributed by atoms with Gasteiger partial charge in [0.1, 0.15) is 0 Å². The highest BCUT2D eigenvalue weighted by Gasteiger charge is 2.50. The molecule has 0 amide bonds. The third-order valence-corrected chi connectivity index (χ3v) is 6.34. The molecule has 0 heterocycles. The molecule has 3 rings (SSSR count). The first-order valence-corrected chi connectivity index (χ1v) is 8.95. The highest BCUT2D eigenvalue weighted by Crippen LogP contribution is 2.53. The summed E-state index contributed by atoms with van der Waals surface area (Å²) < 4.78 is 24.6. The molecule has 2 aliphatic rings. The van der Waals surface area contributed by atoms with Gasteiger partial charge in [-0.2, -0.15) is 13.5 Å². The van der Waals surface area contributed by atoms with Gasteiger partial charge in [0.25, 0.3) is 10.0 Å². The van der Waals surface area contributed by atoms with Crippen molar-refractivity contribution in [1.29, 1.82) is 0 Å². The number of nitrogens with zero attached hydrogens (tertiary/aromatic N) is 1. The normalized spacial score (nSPS) is 29.0. The number of hydrazone groups is 1. The van der Waals surface area contributed by atoms with Crippen LogP contribution >= 0.6 is 0 Å². The molecule has 4 nitrogen and oxygen atoms in total. The van der Waals surface area contributed by atoms with Crippen molar-refractivity contribution in [2.45, 2.75) is 44.9 Å². The van der Waals surface area contributed by atoms with E-state index in [-0.39, 0.29) is 10.3 Å². The number of rotatable bonds is 3. The molecule has 5 heteroatoms. The van der Waals surface area contributed by atoms with E-state index >= 15 is 0 Å². The van der Waals surface area contributed by atoms with Crippen LogP contribution in [0.1, 0.15) is 38.7 Å². The van der Waals surface area contributed by atoms with Crippen molar-refractivity contribution in [2.24, 2.45) is 22.4 Å². The third-order valence-electron chi connectivity index (χ3n) is 5.12. The summed E-state index contributed by atoms with van der Waals surface area (Å²) in [5, 5.41) is 4.31. The lowest BCUT2D eigenvalue weighted by molar-refractivity contribution is 0.333. The number of nitrogens with one attached hydrogen (secondary N) is 1. The maximum absolute atomic E-state index is 12.3. The van der Waals surface area contributed by atoms with Crippen LogP contribution in [-0.2, 0) is 10.0 Å². The zero-order valence-corrected chi connectivity index (χ0v) is 13.6. The average Bonchev–Trinajstić information content (AvgIpc) is 2.96. The van der Waals surface area contributed by atoms with E-state index in [1.165, 1.54) is 6.42 Å². The van der Waals surface area contributed by atoms with Gasteiger partial charge in [-0.3, -0.25) is 0 Å². The van der Waals surface area contributed by atoms with E-state index in [0.29, 0.717) is 11.8 Å². The number of benzene rings is 1. The molecule has 1 aromatic carbocycles. The van der Waals surface area contributed by atoms with Crippen molar-refractivity contribution in [3.63, 3.8) is 0 Å². The monoisotopic (exact) mass is 306 g/mol. The third kappa shape index (κ3) is 2.48. The Labute approximate surface area is 126 Å². The standard InChI is InChI=1S/C16H22N2O2S/c1-11-4-8-14(9-5-11)21(19,20)18-17-15-12-6-7-13(10-12)16(15,2)3/h4-5,8-9,12-13,18H,6-7,10H2,1-3H3/b17-15+/t12-,13+/m1/s1. The Bertz CT molecular complexity index is 675. The van der Waals surface area contributed by atoms with Crippen LogP contribution in [0.2, 0.25) is 0 Å². The molecule has 2 bridgehead atoms. The second-order valence-corrected chi connectivity index (χ2v) is 8.49. The summed E-state index contributed by atoms with van der Waals surface area (Å²) in [6.45, 7) is 6.29. The van der Waals surface area contributed by atoms with E-state index in [2.05, 4.69) is 23.8 Å². The van der Waals surface area contributed by atoms with E-state index in [1.54, 1.807) is 24.3 Å². The summed E-state index contributed by atoms with van der Waals surface area (Å²) in [6.07, 6.45) is 3.53. The molecule has 1 aromatic rings. The Balaban J connectivity index is 1.84. The SMILES string of the molecule is Cc1ccc(S(=O)(=O)N/N=C2\[C@@H]3CC[C@@H](C3)C2(C)C)cc1. The van der Waals surface area contributed by atoms with Gasteiger partial charge in [0.15, 0.2) is 0 Å². The zero-order valence-electron chi connectivity index (χ0n) is 12.8. The van der Waals surface area contributed by atoms with Crippen molar-refractivity contribution in [2.75, 3.05) is 0 Å². The molecular weight excluding hydrogens is 284 g/mol. The molecule has 0 unspecified atom stereocenters. The summed E-state index contributed by atoms with van der Waals surface area (Å²) in [4.78, 5) is 2.70. The molecule has 2 aliphatic carbocycles. The quantitative estimate of drug-likeness (QED) is 0.872. The highest BCUT2D eigenvalue weighted by molar-refractivity contribution is 7.89. The number of fused-ring (bicyclic) bond motifs is 2. The van der Waals surface area contributed by atoms with Gasteiger partial charge in [-0.25, -0.2) is 4.83 Å². The van der Waals surface area contributed by atoms with Crippen LogP contribution in [0.5, 0.6) is 0 Å². The Morgan fingerprint density at radius 2 is 1.86 bits per heavy atom. The van der Waals surface area contributed by atoms with Gasteiger partial charge in [-0.05, 0) is 50.2 Å². The Hall–Kier alpha value is -1.36. The van der Waals surface area contributed by atoms with Crippen LogP contribution in [-0.4, -0.2) is 14.1 Å². The lowest BCUT2D eigenvalue weighted by atomic mass is 9.75. The smallest absolute Gasteiger partial charge is 0.200 e. The van der Waals surface area contributed by atoms with E-state index in [4.69, 9.17) is 0 Å². The van der Waals surface area contributed by atoms with Crippen LogP contribution in [0.15, 0.2) is 34.3 Å². The summed E-state index contributed by atoms with van der Waals surface area (Å²) in [5.41, 5.74) is 2.07. The Kier molecular flexibility index (Phi) is 3.35. The van der Waals surface area contributed by atoms with Crippen LogP contribution < -0.4 is 4.83 Å². The molecule has 114 valence electrons. The number of aryl methyl sites for hydroxylation is 1. The molecule has 0 aromatic heterocycles. The zero-order chi connectivity index (χ0) is 15.3. The minimum atomic E-state index is -3.57. The fourth-order valence-electron chi connectivity index (χ4n) is 3.74. The topological polar surface area (TPSA) is 58.5 Å². The van der Waals surface area contributed by atoms with Crippen molar-refractivity contribution in [3.05, 3.63) is 29.8 Å². The first kappa shape index (κ1) is 14.6. The molecule has 2 saturated carbocycles. The predicted molar refractivity (Wildman–Crippen MR) is 83.5 cm³/mol. The van der Waals surface area contributed by atoms with E-state index in [9.17, 15) is 8.42 Å². The molecule has 0 aliphatic heterocycles.